The molecule has 2 unspecified atom stereocenters. The van der Waals surface area contributed by atoms with Crippen molar-refractivity contribution in [2.75, 3.05) is 0 Å². The standard InChI is InChI=1S/C26H19N2.C5H12O2.Ir/c1-17-16-27-26(18(2)28-17)25-14-13-22(23-9-5-6-10-24(23)25)21-12-11-19-7-3-4-8-20(19)15-21;1-4(6)3-5(2)7;/h3-13,15-16H,1-2H3;4-7H,3H2,1-2H3;/q-1;;. The largest absolute Gasteiger partial charge is 0.393 e. The first-order valence-corrected chi connectivity index (χ1v) is 11.9. The second kappa shape index (κ2) is 12.3. The van der Waals surface area contributed by atoms with E-state index in [9.17, 15) is 0 Å². The summed E-state index contributed by atoms with van der Waals surface area (Å²) in [6.07, 6.45) is 1.54. The van der Waals surface area contributed by atoms with Gasteiger partial charge in [0.2, 0.25) is 0 Å². The Morgan fingerprint density at radius 2 is 1.47 bits per heavy atom. The van der Waals surface area contributed by atoms with Crippen LogP contribution in [0, 0.1) is 19.9 Å². The summed E-state index contributed by atoms with van der Waals surface area (Å²) in [6.45, 7) is 7.29. The molecule has 0 fully saturated rings. The van der Waals surface area contributed by atoms with Crippen molar-refractivity contribution < 1.29 is 30.3 Å². The number of aliphatic hydroxyl groups excluding tert-OH is 2. The minimum Gasteiger partial charge on any atom is -0.393 e. The van der Waals surface area contributed by atoms with E-state index in [1.807, 2.05) is 20.0 Å². The molecule has 0 spiro atoms. The molecule has 1 radical (unpaired) electrons. The molecule has 2 atom stereocenters. The van der Waals surface area contributed by atoms with E-state index in [-0.39, 0.29) is 32.3 Å². The fraction of sp³-hybridized carbons (Fsp3) is 0.226. The number of rotatable bonds is 4. The number of benzene rings is 4. The van der Waals surface area contributed by atoms with Gasteiger partial charge in [-0.15, -0.1) is 17.7 Å². The monoisotopic (exact) mass is 656 g/mol. The Bertz CT molecular complexity index is 1460. The average molecular weight is 656 g/mol. The molecule has 36 heavy (non-hydrogen) atoms. The van der Waals surface area contributed by atoms with Crippen LogP contribution in [-0.4, -0.2) is 32.4 Å². The molecule has 0 aliphatic carbocycles. The van der Waals surface area contributed by atoms with E-state index in [0.29, 0.717) is 6.42 Å². The Labute approximate surface area is 226 Å². The molecule has 1 heterocycles. The molecular weight excluding hydrogens is 625 g/mol. The molecule has 0 amide bonds. The first-order valence-electron chi connectivity index (χ1n) is 11.9. The van der Waals surface area contributed by atoms with Crippen molar-refractivity contribution in [3.63, 3.8) is 0 Å². The van der Waals surface area contributed by atoms with E-state index in [1.165, 1.54) is 27.3 Å². The van der Waals surface area contributed by atoms with Crippen molar-refractivity contribution in [3.8, 4) is 22.4 Å². The maximum Gasteiger partial charge on any atom is 0.0539 e. The maximum absolute atomic E-state index is 8.56. The van der Waals surface area contributed by atoms with Crippen molar-refractivity contribution in [1.29, 1.82) is 0 Å². The SMILES string of the molecule is CC(O)CC(C)O.Cc1cnc(-c2[c-]cc(-c3ccc4ccccc4c3)c3ccccc23)c(C)n1.[Ir]. The summed E-state index contributed by atoms with van der Waals surface area (Å²) < 4.78 is 0. The second-order valence-electron chi connectivity index (χ2n) is 9.06. The number of aliphatic hydroxyl groups is 2. The fourth-order valence-electron chi connectivity index (χ4n) is 4.36. The fourth-order valence-corrected chi connectivity index (χ4v) is 4.36. The number of aromatic nitrogens is 2. The van der Waals surface area contributed by atoms with E-state index in [4.69, 9.17) is 10.2 Å². The van der Waals surface area contributed by atoms with Crippen molar-refractivity contribution in [1.82, 2.24) is 9.97 Å². The molecule has 0 aliphatic heterocycles. The first kappa shape index (κ1) is 27.6. The van der Waals surface area contributed by atoms with Gasteiger partial charge in [0.05, 0.1) is 17.9 Å². The van der Waals surface area contributed by atoms with Crippen LogP contribution in [0.5, 0.6) is 0 Å². The van der Waals surface area contributed by atoms with Gasteiger partial charge in [0.1, 0.15) is 0 Å². The van der Waals surface area contributed by atoms with Crippen molar-refractivity contribution in [3.05, 3.63) is 96.4 Å². The molecule has 0 saturated heterocycles. The Kier molecular flexibility index (Phi) is 9.47. The predicted molar refractivity (Wildman–Crippen MR) is 144 cm³/mol. The van der Waals surface area contributed by atoms with Gasteiger partial charge in [-0.1, -0.05) is 88.6 Å². The van der Waals surface area contributed by atoms with Gasteiger partial charge in [0.15, 0.2) is 0 Å². The predicted octanol–water partition coefficient (Wildman–Crippen LogP) is 6.67. The first-order chi connectivity index (χ1) is 16.8. The van der Waals surface area contributed by atoms with Gasteiger partial charge in [-0.05, 0) is 44.9 Å². The summed E-state index contributed by atoms with van der Waals surface area (Å²) in [4.78, 5) is 9.24. The van der Waals surface area contributed by atoms with Gasteiger partial charge in [-0.2, -0.15) is 0 Å². The summed E-state index contributed by atoms with van der Waals surface area (Å²) in [5.41, 5.74) is 6.14. The zero-order chi connectivity index (χ0) is 24.9. The van der Waals surface area contributed by atoms with E-state index >= 15 is 0 Å². The quantitative estimate of drug-likeness (QED) is 0.213. The van der Waals surface area contributed by atoms with Crippen LogP contribution in [0.25, 0.3) is 43.9 Å². The smallest absolute Gasteiger partial charge is 0.0539 e. The van der Waals surface area contributed by atoms with Crippen LogP contribution < -0.4 is 0 Å². The minimum atomic E-state index is -0.375. The van der Waals surface area contributed by atoms with Crippen LogP contribution in [-0.2, 0) is 20.1 Å². The molecule has 5 rings (SSSR count). The third-order valence-electron chi connectivity index (χ3n) is 5.89. The summed E-state index contributed by atoms with van der Waals surface area (Å²) in [7, 11) is 0. The molecule has 4 nitrogen and oxygen atoms in total. The number of hydrogen-bond donors (Lipinski definition) is 2. The van der Waals surface area contributed by atoms with E-state index in [2.05, 4.69) is 88.8 Å². The van der Waals surface area contributed by atoms with Gasteiger partial charge in [-0.3, -0.25) is 4.98 Å². The summed E-state index contributed by atoms with van der Waals surface area (Å²) in [5.74, 6) is 0. The summed E-state index contributed by atoms with van der Waals surface area (Å²) >= 11 is 0. The zero-order valence-electron chi connectivity index (χ0n) is 21.0. The van der Waals surface area contributed by atoms with Gasteiger partial charge in [-0.25, -0.2) is 0 Å². The molecule has 5 heteroatoms. The van der Waals surface area contributed by atoms with Gasteiger partial charge in [0, 0.05) is 37.7 Å². The topological polar surface area (TPSA) is 66.2 Å². The molecule has 0 saturated carbocycles. The Hall–Kier alpha value is -2.95. The zero-order valence-corrected chi connectivity index (χ0v) is 23.4. The number of aryl methyl sites for hydroxylation is 2. The number of nitrogens with zero attached hydrogens (tertiary/aromatic N) is 2. The van der Waals surface area contributed by atoms with E-state index in [1.54, 1.807) is 13.8 Å². The van der Waals surface area contributed by atoms with Crippen LogP contribution >= 0.6 is 0 Å². The van der Waals surface area contributed by atoms with Crippen LogP contribution in [0.2, 0.25) is 0 Å². The third-order valence-corrected chi connectivity index (χ3v) is 5.89. The molecule has 5 aromatic rings. The molecule has 1 aromatic heterocycles. The third kappa shape index (κ3) is 6.43. The second-order valence-corrected chi connectivity index (χ2v) is 9.06. The Morgan fingerprint density at radius 3 is 2.11 bits per heavy atom. The van der Waals surface area contributed by atoms with E-state index in [0.717, 1.165) is 28.0 Å². The number of hydrogen-bond acceptors (Lipinski definition) is 4. The van der Waals surface area contributed by atoms with Crippen LogP contribution in [0.1, 0.15) is 31.7 Å². The maximum atomic E-state index is 8.56. The van der Waals surface area contributed by atoms with Crippen molar-refractivity contribution >= 4 is 21.5 Å². The molecule has 4 aromatic carbocycles. The average Bonchev–Trinajstić information content (AvgIpc) is 2.83. The van der Waals surface area contributed by atoms with E-state index < -0.39 is 0 Å². The van der Waals surface area contributed by atoms with Crippen LogP contribution in [0.15, 0.2) is 79.0 Å². The van der Waals surface area contributed by atoms with Crippen LogP contribution in [0.4, 0.5) is 0 Å². The molecule has 0 aliphatic rings. The molecule has 0 bridgehead atoms. The molecular formula is C31H31IrN2O2-. The van der Waals surface area contributed by atoms with Gasteiger partial charge < -0.3 is 15.2 Å². The molecule has 187 valence electrons. The van der Waals surface area contributed by atoms with Crippen molar-refractivity contribution in [2.45, 2.75) is 46.3 Å². The summed E-state index contributed by atoms with van der Waals surface area (Å²) in [5, 5.41) is 22.0. The minimum absolute atomic E-state index is 0. The number of fused-ring (bicyclic) bond motifs is 2. The summed E-state index contributed by atoms with van der Waals surface area (Å²) in [6, 6.07) is 29.1. The van der Waals surface area contributed by atoms with Crippen molar-refractivity contribution in [2.24, 2.45) is 0 Å². The van der Waals surface area contributed by atoms with Gasteiger partial charge >= 0.3 is 0 Å². The Balaban J connectivity index is 0.000000400. The normalized spacial score (nSPS) is 12.4. The Morgan fingerprint density at radius 1 is 0.833 bits per heavy atom. The molecule has 2 N–H and O–H groups in total. The van der Waals surface area contributed by atoms with Gasteiger partial charge in [0.25, 0.3) is 0 Å². The van der Waals surface area contributed by atoms with Crippen LogP contribution in [0.3, 0.4) is 0 Å².